The number of likely N-dealkylation sites (tertiary alicyclic amines) is 1. The normalized spacial score (nSPS) is 19.2. The molecule has 1 aromatic carbocycles. The lowest BCUT2D eigenvalue weighted by Gasteiger charge is -2.38. The fourth-order valence-corrected chi connectivity index (χ4v) is 2.86. The summed E-state index contributed by atoms with van der Waals surface area (Å²) in [6, 6.07) is 9.07. The van der Waals surface area contributed by atoms with Gasteiger partial charge in [-0.05, 0) is 57.9 Å². The third-order valence-electron chi connectivity index (χ3n) is 4.46. The summed E-state index contributed by atoms with van der Waals surface area (Å²) < 4.78 is 0. The maximum atomic E-state index is 12.6. The lowest BCUT2D eigenvalue weighted by atomic mass is 9.98. The van der Waals surface area contributed by atoms with E-state index in [1.165, 1.54) is 0 Å². The predicted molar refractivity (Wildman–Crippen MR) is 83.9 cm³/mol. The van der Waals surface area contributed by atoms with Crippen molar-refractivity contribution in [2.45, 2.75) is 51.6 Å². The van der Waals surface area contributed by atoms with E-state index in [-0.39, 0.29) is 17.5 Å². The van der Waals surface area contributed by atoms with Crippen LogP contribution in [0, 0.1) is 11.3 Å². The molecule has 0 aromatic heterocycles. The zero-order valence-electron chi connectivity index (χ0n) is 13.0. The van der Waals surface area contributed by atoms with Crippen LogP contribution in [-0.4, -0.2) is 28.9 Å². The van der Waals surface area contributed by atoms with E-state index >= 15 is 0 Å². The minimum absolute atomic E-state index is 0.0316. The monoisotopic (exact) mass is 285 g/mol. The van der Waals surface area contributed by atoms with Crippen LogP contribution in [-0.2, 0) is 4.79 Å². The van der Waals surface area contributed by atoms with Crippen molar-refractivity contribution in [1.82, 2.24) is 4.90 Å². The Bertz CT molecular complexity index is 559. The second-order valence-electron chi connectivity index (χ2n) is 6.20. The molecule has 1 saturated heterocycles. The molecule has 1 heterocycles. The van der Waals surface area contributed by atoms with Gasteiger partial charge < -0.3 is 5.32 Å². The van der Waals surface area contributed by atoms with E-state index in [0.717, 1.165) is 25.8 Å². The summed E-state index contributed by atoms with van der Waals surface area (Å²) in [4.78, 5) is 14.9. The van der Waals surface area contributed by atoms with Crippen LogP contribution in [0.2, 0.25) is 0 Å². The van der Waals surface area contributed by atoms with Crippen molar-refractivity contribution in [3.63, 3.8) is 0 Å². The van der Waals surface area contributed by atoms with E-state index in [2.05, 4.69) is 37.1 Å². The minimum atomic E-state index is -0.0781. The molecule has 4 nitrogen and oxygen atoms in total. The molecule has 21 heavy (non-hydrogen) atoms. The fourth-order valence-electron chi connectivity index (χ4n) is 2.86. The lowest BCUT2D eigenvalue weighted by molar-refractivity contribution is -0.122. The van der Waals surface area contributed by atoms with Crippen molar-refractivity contribution in [3.8, 4) is 6.07 Å². The number of anilines is 1. The molecule has 1 aromatic rings. The molecular weight excluding hydrogens is 262 g/mol. The summed E-state index contributed by atoms with van der Waals surface area (Å²) in [6.45, 7) is 7.50. The van der Waals surface area contributed by atoms with Gasteiger partial charge in [-0.3, -0.25) is 9.69 Å². The molecule has 112 valence electrons. The first-order valence-corrected chi connectivity index (χ1v) is 7.55. The van der Waals surface area contributed by atoms with Crippen molar-refractivity contribution in [3.05, 3.63) is 29.8 Å². The fraction of sp³-hybridized carbons (Fsp3) is 0.529. The van der Waals surface area contributed by atoms with Crippen LogP contribution in [0.1, 0.15) is 45.6 Å². The minimum Gasteiger partial charge on any atom is -0.325 e. The van der Waals surface area contributed by atoms with Crippen LogP contribution in [0.5, 0.6) is 0 Å². The van der Waals surface area contributed by atoms with Gasteiger partial charge in [0.25, 0.3) is 0 Å². The average molecular weight is 285 g/mol. The number of rotatable bonds is 4. The molecule has 1 aliphatic heterocycles. The predicted octanol–water partition coefficient (Wildman–Crippen LogP) is 3.15. The number of carbonyl (C=O) groups is 1. The smallest absolute Gasteiger partial charge is 0.241 e. The van der Waals surface area contributed by atoms with E-state index < -0.39 is 0 Å². The van der Waals surface area contributed by atoms with Crippen LogP contribution >= 0.6 is 0 Å². The van der Waals surface area contributed by atoms with Gasteiger partial charge in [-0.2, -0.15) is 5.26 Å². The van der Waals surface area contributed by atoms with Crippen molar-refractivity contribution in [2.75, 3.05) is 11.9 Å². The quantitative estimate of drug-likeness (QED) is 0.924. The Morgan fingerprint density at radius 1 is 1.52 bits per heavy atom. The highest BCUT2D eigenvalue weighted by Gasteiger charge is 2.38. The number of nitriles is 1. The summed E-state index contributed by atoms with van der Waals surface area (Å²) in [5.41, 5.74) is 1.29. The SMILES string of the molecule is CCC(C)(C)N1CCCC1C(=O)Nc1cccc(C#N)c1. The van der Waals surface area contributed by atoms with Crippen LogP contribution in [0.4, 0.5) is 5.69 Å². The molecule has 0 saturated carbocycles. The van der Waals surface area contributed by atoms with E-state index in [9.17, 15) is 4.79 Å². The standard InChI is InChI=1S/C17H23N3O/c1-4-17(2,3)20-10-6-9-15(20)16(21)19-14-8-5-7-13(11-14)12-18/h5,7-8,11,15H,4,6,9-10H2,1-3H3,(H,19,21). The van der Waals surface area contributed by atoms with Gasteiger partial charge in [0.2, 0.25) is 5.91 Å². The van der Waals surface area contributed by atoms with E-state index in [4.69, 9.17) is 5.26 Å². The summed E-state index contributed by atoms with van der Waals surface area (Å²) in [6.07, 6.45) is 2.97. The number of nitrogens with zero attached hydrogens (tertiary/aromatic N) is 2. The Labute approximate surface area is 126 Å². The average Bonchev–Trinajstić information content (AvgIpc) is 2.98. The van der Waals surface area contributed by atoms with Crippen LogP contribution in [0.25, 0.3) is 0 Å². The van der Waals surface area contributed by atoms with Crippen LogP contribution in [0.15, 0.2) is 24.3 Å². The third kappa shape index (κ3) is 3.43. The molecule has 1 amide bonds. The molecule has 1 aliphatic rings. The highest BCUT2D eigenvalue weighted by Crippen LogP contribution is 2.29. The van der Waals surface area contributed by atoms with Gasteiger partial charge in [0, 0.05) is 11.2 Å². The largest absolute Gasteiger partial charge is 0.325 e. The maximum absolute atomic E-state index is 12.6. The second-order valence-corrected chi connectivity index (χ2v) is 6.20. The Balaban J connectivity index is 2.11. The maximum Gasteiger partial charge on any atom is 0.241 e. The van der Waals surface area contributed by atoms with E-state index in [1.54, 1.807) is 18.2 Å². The van der Waals surface area contributed by atoms with Gasteiger partial charge in [-0.1, -0.05) is 13.0 Å². The van der Waals surface area contributed by atoms with E-state index in [0.29, 0.717) is 11.3 Å². The number of amides is 1. The highest BCUT2D eigenvalue weighted by molar-refractivity contribution is 5.95. The van der Waals surface area contributed by atoms with Gasteiger partial charge in [0.1, 0.15) is 0 Å². The Morgan fingerprint density at radius 3 is 2.95 bits per heavy atom. The topological polar surface area (TPSA) is 56.1 Å². The third-order valence-corrected chi connectivity index (χ3v) is 4.46. The molecule has 2 rings (SSSR count). The molecule has 0 aliphatic carbocycles. The van der Waals surface area contributed by atoms with Crippen molar-refractivity contribution >= 4 is 11.6 Å². The zero-order valence-corrected chi connectivity index (χ0v) is 13.0. The zero-order chi connectivity index (χ0) is 15.5. The molecule has 0 spiro atoms. The first kappa shape index (κ1) is 15.5. The molecule has 0 bridgehead atoms. The molecule has 1 unspecified atom stereocenters. The van der Waals surface area contributed by atoms with Crippen molar-refractivity contribution in [2.24, 2.45) is 0 Å². The first-order chi connectivity index (χ1) is 9.97. The summed E-state index contributed by atoms with van der Waals surface area (Å²) in [5.74, 6) is 0.0316. The van der Waals surface area contributed by atoms with Crippen molar-refractivity contribution in [1.29, 1.82) is 5.26 Å². The van der Waals surface area contributed by atoms with Gasteiger partial charge >= 0.3 is 0 Å². The molecule has 4 heteroatoms. The van der Waals surface area contributed by atoms with Crippen LogP contribution < -0.4 is 5.32 Å². The Kier molecular flexibility index (Phi) is 4.64. The highest BCUT2D eigenvalue weighted by atomic mass is 16.2. The van der Waals surface area contributed by atoms with Gasteiger partial charge in [-0.25, -0.2) is 0 Å². The Morgan fingerprint density at radius 2 is 2.29 bits per heavy atom. The number of carbonyl (C=O) groups excluding carboxylic acids is 1. The number of hydrogen-bond donors (Lipinski definition) is 1. The molecule has 1 fully saturated rings. The molecular formula is C17H23N3O. The molecule has 0 radical (unpaired) electrons. The number of hydrogen-bond acceptors (Lipinski definition) is 3. The summed E-state index contributed by atoms with van der Waals surface area (Å²) >= 11 is 0. The van der Waals surface area contributed by atoms with Gasteiger partial charge in [0.05, 0.1) is 17.7 Å². The molecule has 1 atom stereocenters. The number of nitrogens with one attached hydrogen (secondary N) is 1. The Hall–Kier alpha value is -1.86. The summed E-state index contributed by atoms with van der Waals surface area (Å²) in [7, 11) is 0. The van der Waals surface area contributed by atoms with Crippen LogP contribution in [0.3, 0.4) is 0 Å². The summed E-state index contributed by atoms with van der Waals surface area (Å²) in [5, 5.41) is 11.9. The van der Waals surface area contributed by atoms with Crippen molar-refractivity contribution < 1.29 is 4.79 Å². The second kappa shape index (κ2) is 6.28. The lowest BCUT2D eigenvalue weighted by Crippen LogP contribution is -2.50. The number of benzene rings is 1. The van der Waals surface area contributed by atoms with Gasteiger partial charge in [-0.15, -0.1) is 0 Å². The van der Waals surface area contributed by atoms with Gasteiger partial charge in [0.15, 0.2) is 0 Å². The first-order valence-electron chi connectivity index (χ1n) is 7.55. The molecule has 1 N–H and O–H groups in total. The van der Waals surface area contributed by atoms with E-state index in [1.807, 2.05) is 6.07 Å².